The minimum absolute atomic E-state index is 0.00842. The normalized spacial score (nSPS) is 24.8. The molecule has 0 unspecified atom stereocenters. The molecule has 2 fully saturated rings. The first-order valence-electron chi connectivity index (χ1n) is 8.04. The minimum atomic E-state index is -3.05. The van der Waals surface area contributed by atoms with E-state index in [-0.39, 0.29) is 28.9 Å². The van der Waals surface area contributed by atoms with Crippen molar-refractivity contribution in [1.29, 1.82) is 0 Å². The number of halogens is 2. The van der Waals surface area contributed by atoms with E-state index in [1.807, 2.05) is 0 Å². The van der Waals surface area contributed by atoms with E-state index in [0.717, 1.165) is 6.07 Å². The van der Waals surface area contributed by atoms with E-state index in [4.69, 9.17) is 0 Å². The van der Waals surface area contributed by atoms with Gasteiger partial charge in [0.2, 0.25) is 5.91 Å². The summed E-state index contributed by atoms with van der Waals surface area (Å²) in [5, 5.41) is 3.10. The van der Waals surface area contributed by atoms with Crippen LogP contribution in [-0.4, -0.2) is 50.4 Å². The molecule has 5 nitrogen and oxygen atoms in total. The Balaban J connectivity index is 1.82. The van der Waals surface area contributed by atoms with E-state index in [2.05, 4.69) is 5.32 Å². The van der Waals surface area contributed by atoms with Crippen LogP contribution in [0.15, 0.2) is 18.2 Å². The topological polar surface area (TPSA) is 66.5 Å². The summed E-state index contributed by atoms with van der Waals surface area (Å²) in [6.07, 6.45) is 0.590. The van der Waals surface area contributed by atoms with Crippen molar-refractivity contribution in [2.24, 2.45) is 5.92 Å². The first-order chi connectivity index (χ1) is 11.4. The number of rotatable bonds is 2. The van der Waals surface area contributed by atoms with Crippen molar-refractivity contribution in [3.8, 4) is 0 Å². The third-order valence-corrected chi connectivity index (χ3v) is 6.49. The zero-order valence-electron chi connectivity index (χ0n) is 13.2. The summed E-state index contributed by atoms with van der Waals surface area (Å²) in [5.74, 6) is -2.39. The van der Waals surface area contributed by atoms with Gasteiger partial charge in [-0.1, -0.05) is 12.1 Å². The highest BCUT2D eigenvalue weighted by Crippen LogP contribution is 2.30. The van der Waals surface area contributed by atoms with E-state index in [0.29, 0.717) is 32.5 Å². The number of carbonyl (C=O) groups excluding carboxylic acids is 1. The van der Waals surface area contributed by atoms with Crippen LogP contribution < -0.4 is 5.32 Å². The van der Waals surface area contributed by atoms with Gasteiger partial charge in [-0.25, -0.2) is 17.2 Å². The van der Waals surface area contributed by atoms with Crippen LogP contribution in [0.4, 0.5) is 8.78 Å². The molecule has 3 rings (SSSR count). The quantitative estimate of drug-likeness (QED) is 0.864. The average molecular weight is 358 g/mol. The van der Waals surface area contributed by atoms with Crippen LogP contribution in [0, 0.1) is 17.6 Å². The first kappa shape index (κ1) is 17.3. The number of sulfone groups is 1. The molecule has 0 bridgehead atoms. The number of carbonyl (C=O) groups is 1. The molecular weight excluding hydrogens is 338 g/mol. The summed E-state index contributed by atoms with van der Waals surface area (Å²) in [4.78, 5) is 14.4. The molecule has 0 aliphatic carbocycles. The van der Waals surface area contributed by atoms with E-state index < -0.39 is 27.5 Å². The molecule has 1 atom stereocenters. The number of piperazine rings is 1. The SMILES string of the molecule is O=C(C1CCS(=O)(=O)CC1)N1CCNC[C@H]1c1cccc(F)c1F. The van der Waals surface area contributed by atoms with Crippen molar-refractivity contribution in [3.05, 3.63) is 35.4 Å². The first-order valence-corrected chi connectivity index (χ1v) is 9.87. The Kier molecular flexibility index (Phi) is 4.87. The second kappa shape index (κ2) is 6.76. The van der Waals surface area contributed by atoms with Crippen molar-refractivity contribution >= 4 is 15.7 Å². The second-order valence-electron chi connectivity index (χ2n) is 6.32. The Morgan fingerprint density at radius 1 is 1.21 bits per heavy atom. The molecule has 2 aliphatic heterocycles. The predicted octanol–water partition coefficient (Wildman–Crippen LogP) is 1.26. The monoisotopic (exact) mass is 358 g/mol. The highest BCUT2D eigenvalue weighted by molar-refractivity contribution is 7.91. The molecule has 1 aromatic rings. The molecule has 8 heteroatoms. The summed E-state index contributed by atoms with van der Waals surface area (Å²) in [6, 6.07) is 3.38. The van der Waals surface area contributed by atoms with Crippen LogP contribution >= 0.6 is 0 Å². The van der Waals surface area contributed by atoms with Crippen LogP contribution in [-0.2, 0) is 14.6 Å². The molecule has 0 saturated carbocycles. The van der Waals surface area contributed by atoms with Crippen molar-refractivity contribution in [2.75, 3.05) is 31.1 Å². The zero-order chi connectivity index (χ0) is 17.3. The van der Waals surface area contributed by atoms with Gasteiger partial charge in [0, 0.05) is 31.1 Å². The lowest BCUT2D eigenvalue weighted by molar-refractivity contribution is -0.139. The van der Waals surface area contributed by atoms with Crippen LogP contribution in [0.1, 0.15) is 24.4 Å². The third-order valence-electron chi connectivity index (χ3n) is 4.77. The maximum Gasteiger partial charge on any atom is 0.226 e. The molecule has 24 heavy (non-hydrogen) atoms. The number of amides is 1. The molecule has 0 spiro atoms. The highest BCUT2D eigenvalue weighted by Gasteiger charge is 2.36. The lowest BCUT2D eigenvalue weighted by Gasteiger charge is -2.39. The van der Waals surface area contributed by atoms with Gasteiger partial charge >= 0.3 is 0 Å². The Morgan fingerprint density at radius 2 is 1.92 bits per heavy atom. The van der Waals surface area contributed by atoms with E-state index in [1.165, 1.54) is 12.1 Å². The third kappa shape index (κ3) is 3.44. The molecule has 2 aliphatic rings. The summed E-state index contributed by atoms with van der Waals surface area (Å²) >= 11 is 0. The van der Waals surface area contributed by atoms with Gasteiger partial charge in [0.05, 0.1) is 17.5 Å². The van der Waals surface area contributed by atoms with Gasteiger partial charge in [-0.05, 0) is 18.9 Å². The van der Waals surface area contributed by atoms with Gasteiger partial charge in [-0.3, -0.25) is 4.79 Å². The fraction of sp³-hybridized carbons (Fsp3) is 0.562. The largest absolute Gasteiger partial charge is 0.333 e. The second-order valence-corrected chi connectivity index (χ2v) is 8.62. The lowest BCUT2D eigenvalue weighted by atomic mass is 9.96. The molecular formula is C16H20F2N2O3S. The zero-order valence-corrected chi connectivity index (χ0v) is 14.0. The van der Waals surface area contributed by atoms with E-state index >= 15 is 0 Å². The van der Waals surface area contributed by atoms with Gasteiger partial charge in [0.1, 0.15) is 9.84 Å². The summed E-state index contributed by atoms with van der Waals surface area (Å²) in [6.45, 7) is 1.31. The number of nitrogens with one attached hydrogen (secondary N) is 1. The standard InChI is InChI=1S/C16H20F2N2O3S/c17-13-3-1-2-12(15(13)18)14-10-19-6-7-20(14)16(21)11-4-8-24(22,23)9-5-11/h1-3,11,14,19H,4-10H2/t14-/m0/s1. The van der Waals surface area contributed by atoms with Crippen LogP contribution in [0.25, 0.3) is 0 Å². The van der Waals surface area contributed by atoms with Gasteiger partial charge < -0.3 is 10.2 Å². The molecule has 1 N–H and O–H groups in total. The maximum absolute atomic E-state index is 14.1. The van der Waals surface area contributed by atoms with E-state index in [1.54, 1.807) is 4.90 Å². The van der Waals surface area contributed by atoms with Gasteiger partial charge in [0.25, 0.3) is 0 Å². The number of hydrogen-bond donors (Lipinski definition) is 1. The molecule has 132 valence electrons. The van der Waals surface area contributed by atoms with Crippen molar-refractivity contribution in [1.82, 2.24) is 10.2 Å². The van der Waals surface area contributed by atoms with Crippen molar-refractivity contribution in [3.63, 3.8) is 0 Å². The Morgan fingerprint density at radius 3 is 2.62 bits per heavy atom. The summed E-state index contributed by atoms with van der Waals surface area (Å²) in [7, 11) is -3.05. The molecule has 0 radical (unpaired) electrons. The summed E-state index contributed by atoms with van der Waals surface area (Å²) in [5.41, 5.74) is 0.152. The molecule has 1 amide bonds. The molecule has 1 aromatic carbocycles. The number of benzene rings is 1. The van der Waals surface area contributed by atoms with E-state index in [9.17, 15) is 22.0 Å². The van der Waals surface area contributed by atoms with Gasteiger partial charge in [-0.15, -0.1) is 0 Å². The van der Waals surface area contributed by atoms with Crippen molar-refractivity contribution in [2.45, 2.75) is 18.9 Å². The molecule has 2 heterocycles. The Bertz CT molecular complexity index is 725. The number of hydrogen-bond acceptors (Lipinski definition) is 4. The Hall–Kier alpha value is -1.54. The Labute approximate surface area is 139 Å². The fourth-order valence-electron chi connectivity index (χ4n) is 3.40. The smallest absolute Gasteiger partial charge is 0.226 e. The fourth-order valence-corrected chi connectivity index (χ4v) is 4.89. The minimum Gasteiger partial charge on any atom is -0.333 e. The predicted molar refractivity (Wildman–Crippen MR) is 85.1 cm³/mol. The maximum atomic E-state index is 14.1. The van der Waals surface area contributed by atoms with Crippen LogP contribution in [0.3, 0.4) is 0 Å². The lowest BCUT2D eigenvalue weighted by Crippen LogP contribution is -2.51. The summed E-state index contributed by atoms with van der Waals surface area (Å²) < 4.78 is 50.8. The van der Waals surface area contributed by atoms with Crippen LogP contribution in [0.2, 0.25) is 0 Å². The van der Waals surface area contributed by atoms with Gasteiger partial charge in [-0.2, -0.15) is 0 Å². The van der Waals surface area contributed by atoms with Crippen molar-refractivity contribution < 1.29 is 22.0 Å². The highest BCUT2D eigenvalue weighted by atomic mass is 32.2. The average Bonchev–Trinajstić information content (AvgIpc) is 2.57. The van der Waals surface area contributed by atoms with Gasteiger partial charge in [0.15, 0.2) is 11.6 Å². The number of nitrogens with zero attached hydrogens (tertiary/aromatic N) is 1. The molecule has 2 saturated heterocycles. The molecule has 0 aromatic heterocycles. The van der Waals surface area contributed by atoms with Crippen LogP contribution in [0.5, 0.6) is 0 Å².